The number of fused-ring (bicyclic) bond motifs is 1. The number of halogens is 3. The predicted octanol–water partition coefficient (Wildman–Crippen LogP) is 2.63. The van der Waals surface area contributed by atoms with Crippen molar-refractivity contribution in [3.63, 3.8) is 0 Å². The standard InChI is InChI=1S/C20H15F3N2O5/c1-11-4-2-3-5-15(11)25-17(27)13-7-6-12(8-14(13)18(25)28)19(29)30-9-16(26)24-10-20(21,22)23/h2-8H,9-10H2,1H3,(H,24,26). The van der Waals surface area contributed by atoms with Crippen LogP contribution in [0.25, 0.3) is 0 Å². The number of benzene rings is 2. The number of imide groups is 1. The molecule has 3 amide bonds. The van der Waals surface area contributed by atoms with Crippen molar-refractivity contribution < 1.29 is 37.1 Å². The number of hydrogen-bond acceptors (Lipinski definition) is 5. The molecular weight excluding hydrogens is 405 g/mol. The van der Waals surface area contributed by atoms with E-state index >= 15 is 0 Å². The molecule has 1 N–H and O–H groups in total. The van der Waals surface area contributed by atoms with Crippen LogP contribution < -0.4 is 10.2 Å². The Kier molecular flexibility index (Phi) is 5.59. The minimum absolute atomic E-state index is 0.0146. The van der Waals surface area contributed by atoms with Crippen molar-refractivity contribution in [1.29, 1.82) is 0 Å². The third-order valence-corrected chi connectivity index (χ3v) is 4.30. The Bertz CT molecular complexity index is 1050. The highest BCUT2D eigenvalue weighted by Gasteiger charge is 2.37. The van der Waals surface area contributed by atoms with Gasteiger partial charge < -0.3 is 10.1 Å². The van der Waals surface area contributed by atoms with E-state index in [9.17, 15) is 32.3 Å². The number of nitrogens with zero attached hydrogens (tertiary/aromatic N) is 1. The summed E-state index contributed by atoms with van der Waals surface area (Å²) in [5.41, 5.74) is 1.08. The van der Waals surface area contributed by atoms with Gasteiger partial charge >= 0.3 is 12.1 Å². The van der Waals surface area contributed by atoms with Gasteiger partial charge in [0.2, 0.25) is 0 Å². The average molecular weight is 420 g/mol. The van der Waals surface area contributed by atoms with Crippen LogP contribution in [-0.2, 0) is 9.53 Å². The first kappa shape index (κ1) is 21.0. The fourth-order valence-electron chi connectivity index (χ4n) is 2.87. The van der Waals surface area contributed by atoms with Crippen molar-refractivity contribution in [2.75, 3.05) is 18.1 Å². The second-order valence-corrected chi connectivity index (χ2v) is 6.46. The molecule has 0 aliphatic carbocycles. The molecule has 1 heterocycles. The fraction of sp³-hybridized carbons (Fsp3) is 0.200. The molecule has 0 saturated heterocycles. The molecule has 0 bridgehead atoms. The van der Waals surface area contributed by atoms with Gasteiger partial charge in [0.05, 0.1) is 22.4 Å². The smallest absolute Gasteiger partial charge is 0.405 e. The lowest BCUT2D eigenvalue weighted by Gasteiger charge is -2.16. The monoisotopic (exact) mass is 420 g/mol. The van der Waals surface area contributed by atoms with E-state index in [0.717, 1.165) is 11.0 Å². The maximum atomic E-state index is 12.8. The minimum atomic E-state index is -4.59. The van der Waals surface area contributed by atoms with Gasteiger partial charge in [-0.3, -0.25) is 14.4 Å². The Morgan fingerprint density at radius 1 is 1.03 bits per heavy atom. The van der Waals surface area contributed by atoms with E-state index in [4.69, 9.17) is 0 Å². The molecule has 0 fully saturated rings. The summed E-state index contributed by atoms with van der Waals surface area (Å²) in [6, 6.07) is 10.5. The molecule has 1 aliphatic heterocycles. The Morgan fingerprint density at radius 3 is 2.37 bits per heavy atom. The summed E-state index contributed by atoms with van der Waals surface area (Å²) < 4.78 is 40.9. The summed E-state index contributed by atoms with van der Waals surface area (Å²) in [4.78, 5) is 49.9. The summed E-state index contributed by atoms with van der Waals surface area (Å²) in [5, 5.41) is 1.57. The number of hydrogen-bond donors (Lipinski definition) is 1. The first-order valence-electron chi connectivity index (χ1n) is 8.67. The van der Waals surface area contributed by atoms with Crippen molar-refractivity contribution in [1.82, 2.24) is 5.32 Å². The summed E-state index contributed by atoms with van der Waals surface area (Å²) >= 11 is 0. The van der Waals surface area contributed by atoms with E-state index < -0.39 is 43.0 Å². The van der Waals surface area contributed by atoms with Gasteiger partial charge in [-0.15, -0.1) is 0 Å². The third-order valence-electron chi connectivity index (χ3n) is 4.30. The quantitative estimate of drug-likeness (QED) is 0.593. The Morgan fingerprint density at radius 2 is 1.70 bits per heavy atom. The van der Waals surface area contributed by atoms with Gasteiger partial charge in [0.15, 0.2) is 6.61 Å². The molecule has 1 aliphatic rings. The number of amides is 3. The van der Waals surface area contributed by atoms with Crippen LogP contribution >= 0.6 is 0 Å². The Hall–Kier alpha value is -3.69. The van der Waals surface area contributed by atoms with E-state index in [-0.39, 0.29) is 16.7 Å². The van der Waals surface area contributed by atoms with E-state index in [1.165, 1.54) is 12.1 Å². The molecule has 0 saturated carbocycles. The largest absolute Gasteiger partial charge is 0.452 e. The van der Waals surface area contributed by atoms with E-state index in [2.05, 4.69) is 4.74 Å². The predicted molar refractivity (Wildman–Crippen MR) is 98.1 cm³/mol. The zero-order chi connectivity index (χ0) is 22.1. The number of alkyl halides is 3. The van der Waals surface area contributed by atoms with Crippen LogP contribution in [0.15, 0.2) is 42.5 Å². The van der Waals surface area contributed by atoms with Crippen LogP contribution in [0.3, 0.4) is 0 Å². The molecule has 30 heavy (non-hydrogen) atoms. The first-order valence-corrected chi connectivity index (χ1v) is 8.67. The zero-order valence-corrected chi connectivity index (χ0v) is 15.6. The highest BCUT2D eigenvalue weighted by molar-refractivity contribution is 6.34. The topological polar surface area (TPSA) is 92.8 Å². The van der Waals surface area contributed by atoms with Gasteiger partial charge in [-0.2, -0.15) is 13.2 Å². The number of para-hydroxylation sites is 1. The molecule has 0 spiro atoms. The molecule has 10 heteroatoms. The highest BCUT2D eigenvalue weighted by atomic mass is 19.4. The SMILES string of the molecule is Cc1ccccc1N1C(=O)c2ccc(C(=O)OCC(=O)NCC(F)(F)F)cc2C1=O. The lowest BCUT2D eigenvalue weighted by atomic mass is 10.1. The van der Waals surface area contributed by atoms with Crippen LogP contribution in [0.2, 0.25) is 0 Å². The summed E-state index contributed by atoms with van der Waals surface area (Å²) in [6.07, 6.45) is -4.59. The minimum Gasteiger partial charge on any atom is -0.452 e. The molecule has 0 unspecified atom stereocenters. The first-order chi connectivity index (χ1) is 14.1. The van der Waals surface area contributed by atoms with Crippen LogP contribution in [-0.4, -0.2) is 43.0 Å². The van der Waals surface area contributed by atoms with Gasteiger partial charge in [0, 0.05) is 0 Å². The average Bonchev–Trinajstić information content (AvgIpc) is 2.94. The number of esters is 1. The van der Waals surface area contributed by atoms with Crippen LogP contribution in [0.4, 0.5) is 18.9 Å². The van der Waals surface area contributed by atoms with Gasteiger partial charge in [0.1, 0.15) is 6.54 Å². The van der Waals surface area contributed by atoms with Crippen LogP contribution in [0.5, 0.6) is 0 Å². The highest BCUT2D eigenvalue weighted by Crippen LogP contribution is 2.31. The van der Waals surface area contributed by atoms with E-state index in [0.29, 0.717) is 11.3 Å². The number of carbonyl (C=O) groups excluding carboxylic acids is 4. The maximum absolute atomic E-state index is 12.8. The lowest BCUT2D eigenvalue weighted by molar-refractivity contribution is -0.140. The van der Waals surface area contributed by atoms with Gasteiger partial charge in [-0.1, -0.05) is 18.2 Å². The number of aryl methyl sites for hydroxylation is 1. The maximum Gasteiger partial charge on any atom is 0.405 e. The van der Waals surface area contributed by atoms with Crippen molar-refractivity contribution in [3.8, 4) is 0 Å². The van der Waals surface area contributed by atoms with Gasteiger partial charge in [0.25, 0.3) is 17.7 Å². The Balaban J connectivity index is 1.73. The molecule has 2 aromatic carbocycles. The lowest BCUT2D eigenvalue weighted by Crippen LogP contribution is -2.36. The Labute approximate surface area is 168 Å². The summed E-state index contributed by atoms with van der Waals surface area (Å²) in [7, 11) is 0. The van der Waals surface area contributed by atoms with Gasteiger partial charge in [-0.25, -0.2) is 9.69 Å². The van der Waals surface area contributed by atoms with Crippen LogP contribution in [0.1, 0.15) is 36.6 Å². The van der Waals surface area contributed by atoms with Crippen molar-refractivity contribution in [2.24, 2.45) is 0 Å². The number of ether oxygens (including phenoxy) is 1. The third kappa shape index (κ3) is 4.32. The molecule has 2 aromatic rings. The molecular formula is C20H15F3N2O5. The van der Waals surface area contributed by atoms with Crippen molar-refractivity contribution >= 4 is 29.4 Å². The summed E-state index contributed by atoms with van der Waals surface area (Å²) in [6.45, 7) is -0.729. The molecule has 7 nitrogen and oxygen atoms in total. The van der Waals surface area contributed by atoms with Crippen LogP contribution in [0, 0.1) is 6.92 Å². The summed E-state index contributed by atoms with van der Waals surface area (Å²) in [5.74, 6) is -3.31. The van der Waals surface area contributed by atoms with E-state index in [1.807, 2.05) is 0 Å². The molecule has 0 radical (unpaired) electrons. The second-order valence-electron chi connectivity index (χ2n) is 6.46. The van der Waals surface area contributed by atoms with Crippen molar-refractivity contribution in [2.45, 2.75) is 13.1 Å². The molecule has 3 rings (SSSR count). The second kappa shape index (κ2) is 7.97. The number of carbonyl (C=O) groups is 4. The van der Waals surface area contributed by atoms with Crippen molar-refractivity contribution in [3.05, 3.63) is 64.7 Å². The fourth-order valence-corrected chi connectivity index (χ4v) is 2.87. The zero-order valence-electron chi connectivity index (χ0n) is 15.6. The van der Waals surface area contributed by atoms with E-state index in [1.54, 1.807) is 36.5 Å². The van der Waals surface area contributed by atoms with Gasteiger partial charge in [-0.05, 0) is 36.8 Å². The number of nitrogens with one attached hydrogen (secondary N) is 1. The molecule has 0 aromatic heterocycles. The molecule has 0 atom stereocenters. The normalized spacial score (nSPS) is 13.3. The molecule has 156 valence electrons. The number of anilines is 1. The number of rotatable bonds is 5.